The normalized spacial score (nSPS) is 26.0. The number of aliphatic hydroxyl groups excluding tert-OH is 1. The topological polar surface area (TPSA) is 34.3 Å². The molecule has 9 heavy (non-hydrogen) atoms. The zero-order valence-corrected chi connectivity index (χ0v) is 5.88. The molecule has 1 fully saturated rings. The molecule has 1 N–H and O–H groups in total. The Morgan fingerprint density at radius 2 is 2.00 bits per heavy atom. The average Bonchev–Trinajstić information content (AvgIpc) is 1.90. The van der Waals surface area contributed by atoms with Crippen LogP contribution < -0.4 is 5.32 Å². The van der Waals surface area contributed by atoms with Crippen molar-refractivity contribution in [1.29, 1.82) is 0 Å². The molecule has 1 aliphatic rings. The fraction of sp³-hybridized carbons (Fsp3) is 1.00. The molecule has 53 valence electrons. The molecule has 0 aromatic heterocycles. The maximum atomic E-state index is 9.14. The van der Waals surface area contributed by atoms with Gasteiger partial charge < -0.3 is 5.11 Å². The summed E-state index contributed by atoms with van der Waals surface area (Å²) < 4.78 is 0. The Kier molecular flexibility index (Phi) is 2.49. The molecule has 1 heterocycles. The molecule has 2 heteroatoms. The van der Waals surface area contributed by atoms with E-state index in [0.29, 0.717) is 5.92 Å². The summed E-state index contributed by atoms with van der Waals surface area (Å²) in [6.07, 6.45) is 2.04. The van der Waals surface area contributed by atoms with E-state index in [4.69, 9.17) is 5.11 Å². The number of hydrogen-bond donors (Lipinski definition) is 1. The van der Waals surface area contributed by atoms with Gasteiger partial charge in [-0.15, -0.1) is 0 Å². The minimum Gasteiger partial charge on any atom is -0.393 e. The van der Waals surface area contributed by atoms with Gasteiger partial charge in [-0.1, -0.05) is 0 Å². The predicted octanol–water partition coefficient (Wildman–Crippen LogP) is 0.382. The van der Waals surface area contributed by atoms with Gasteiger partial charge in [0.2, 0.25) is 0 Å². The third kappa shape index (κ3) is 1.95. The van der Waals surface area contributed by atoms with Gasteiger partial charge in [-0.05, 0) is 25.7 Å². The third-order valence-corrected chi connectivity index (χ3v) is 2.00. The average molecular weight is 128 g/mol. The summed E-state index contributed by atoms with van der Waals surface area (Å²) >= 11 is 0. The second-order valence-corrected chi connectivity index (χ2v) is 2.75. The number of aliphatic hydroxyl groups is 1. The summed E-state index contributed by atoms with van der Waals surface area (Å²) in [5.74, 6) is 0.516. The van der Waals surface area contributed by atoms with Gasteiger partial charge in [-0.2, -0.15) is 0 Å². The van der Waals surface area contributed by atoms with Crippen LogP contribution in [-0.2, 0) is 0 Å². The van der Waals surface area contributed by atoms with E-state index >= 15 is 0 Å². The van der Waals surface area contributed by atoms with Crippen LogP contribution in [0, 0.1) is 5.92 Å². The van der Waals surface area contributed by atoms with Crippen molar-refractivity contribution in [2.75, 3.05) is 13.1 Å². The molecule has 1 aliphatic heterocycles. The van der Waals surface area contributed by atoms with Crippen molar-refractivity contribution in [2.24, 2.45) is 5.92 Å². The summed E-state index contributed by atoms with van der Waals surface area (Å²) in [6.45, 7) is 3.78. The summed E-state index contributed by atoms with van der Waals surface area (Å²) in [5, 5.41) is 13.3. The molecule has 0 amide bonds. The van der Waals surface area contributed by atoms with E-state index < -0.39 is 0 Å². The van der Waals surface area contributed by atoms with Gasteiger partial charge in [0, 0.05) is 13.1 Å². The molecule has 0 aromatic rings. The largest absolute Gasteiger partial charge is 0.393 e. The van der Waals surface area contributed by atoms with Gasteiger partial charge in [-0.3, -0.25) is 0 Å². The molecule has 1 radical (unpaired) electrons. The molecular formula is C7H14NO. The molecular weight excluding hydrogens is 114 g/mol. The first-order valence-electron chi connectivity index (χ1n) is 3.62. The lowest BCUT2D eigenvalue weighted by molar-refractivity contribution is 0.105. The monoisotopic (exact) mass is 128 g/mol. The van der Waals surface area contributed by atoms with Gasteiger partial charge in [0.05, 0.1) is 6.10 Å². The van der Waals surface area contributed by atoms with Crippen molar-refractivity contribution in [3.8, 4) is 0 Å². The highest BCUT2D eigenvalue weighted by atomic mass is 16.3. The second kappa shape index (κ2) is 3.18. The fourth-order valence-corrected chi connectivity index (χ4v) is 1.25. The Bertz CT molecular complexity index is 77.0. The smallest absolute Gasteiger partial charge is 0.0541 e. The lowest BCUT2D eigenvalue weighted by Gasteiger charge is -2.23. The highest BCUT2D eigenvalue weighted by molar-refractivity contribution is 4.71. The molecule has 0 bridgehead atoms. The van der Waals surface area contributed by atoms with Crippen LogP contribution in [0.15, 0.2) is 0 Å². The van der Waals surface area contributed by atoms with Crippen LogP contribution in [0.4, 0.5) is 0 Å². The summed E-state index contributed by atoms with van der Waals surface area (Å²) in [5.41, 5.74) is 0. The van der Waals surface area contributed by atoms with E-state index in [1.807, 2.05) is 6.92 Å². The van der Waals surface area contributed by atoms with E-state index in [9.17, 15) is 0 Å². The quantitative estimate of drug-likeness (QED) is 0.544. The number of rotatable bonds is 1. The molecule has 0 spiro atoms. The van der Waals surface area contributed by atoms with Crippen molar-refractivity contribution in [2.45, 2.75) is 25.9 Å². The predicted molar refractivity (Wildman–Crippen MR) is 36.3 cm³/mol. The maximum Gasteiger partial charge on any atom is 0.0541 e. The van der Waals surface area contributed by atoms with E-state index in [0.717, 1.165) is 25.9 Å². The minimum atomic E-state index is -0.125. The van der Waals surface area contributed by atoms with Gasteiger partial charge >= 0.3 is 0 Å². The van der Waals surface area contributed by atoms with Crippen LogP contribution >= 0.6 is 0 Å². The van der Waals surface area contributed by atoms with Crippen molar-refractivity contribution in [3.05, 3.63) is 0 Å². The van der Waals surface area contributed by atoms with Crippen LogP contribution in [0.25, 0.3) is 0 Å². The van der Waals surface area contributed by atoms with Crippen molar-refractivity contribution in [3.63, 3.8) is 0 Å². The summed E-state index contributed by atoms with van der Waals surface area (Å²) in [6, 6.07) is 0. The molecule has 0 saturated carbocycles. The summed E-state index contributed by atoms with van der Waals surface area (Å²) in [4.78, 5) is 0. The SMILES string of the molecule is CC(O)C1CC[N]CC1. The Morgan fingerprint density at radius 3 is 2.33 bits per heavy atom. The maximum absolute atomic E-state index is 9.14. The molecule has 0 aromatic carbocycles. The molecule has 1 saturated heterocycles. The molecule has 1 atom stereocenters. The first-order chi connectivity index (χ1) is 4.30. The van der Waals surface area contributed by atoms with Crippen molar-refractivity contribution < 1.29 is 5.11 Å². The molecule has 2 nitrogen and oxygen atoms in total. The molecule has 0 aliphatic carbocycles. The van der Waals surface area contributed by atoms with Crippen LogP contribution in [0.2, 0.25) is 0 Å². The fourth-order valence-electron chi connectivity index (χ4n) is 1.25. The standard InChI is InChI=1S/C7H14NO/c1-6(9)7-2-4-8-5-3-7/h6-7,9H,2-5H2,1H3. The Hall–Kier alpha value is -0.0800. The van der Waals surface area contributed by atoms with E-state index in [2.05, 4.69) is 5.32 Å². The van der Waals surface area contributed by atoms with Crippen molar-refractivity contribution in [1.82, 2.24) is 5.32 Å². The van der Waals surface area contributed by atoms with Crippen LogP contribution in [-0.4, -0.2) is 24.3 Å². The first kappa shape index (κ1) is 7.03. The zero-order chi connectivity index (χ0) is 6.69. The van der Waals surface area contributed by atoms with Crippen LogP contribution in [0.5, 0.6) is 0 Å². The summed E-state index contributed by atoms with van der Waals surface area (Å²) in [7, 11) is 0. The van der Waals surface area contributed by atoms with Gasteiger partial charge in [0.25, 0.3) is 0 Å². The Labute approximate surface area is 56.3 Å². The van der Waals surface area contributed by atoms with Gasteiger partial charge in [-0.25, -0.2) is 5.32 Å². The van der Waals surface area contributed by atoms with E-state index in [1.54, 1.807) is 0 Å². The van der Waals surface area contributed by atoms with Gasteiger partial charge in [0.1, 0.15) is 0 Å². The van der Waals surface area contributed by atoms with E-state index in [1.165, 1.54) is 0 Å². The molecule has 1 unspecified atom stereocenters. The Balaban J connectivity index is 2.23. The molecule has 1 rings (SSSR count). The highest BCUT2D eigenvalue weighted by Gasteiger charge is 2.17. The number of nitrogens with zero attached hydrogens (tertiary/aromatic N) is 1. The first-order valence-corrected chi connectivity index (χ1v) is 3.62. The van der Waals surface area contributed by atoms with Crippen molar-refractivity contribution >= 4 is 0 Å². The Morgan fingerprint density at radius 1 is 1.44 bits per heavy atom. The highest BCUT2D eigenvalue weighted by Crippen LogP contribution is 2.15. The minimum absolute atomic E-state index is 0.125. The van der Waals surface area contributed by atoms with Crippen LogP contribution in [0.1, 0.15) is 19.8 Å². The van der Waals surface area contributed by atoms with Crippen LogP contribution in [0.3, 0.4) is 0 Å². The second-order valence-electron chi connectivity index (χ2n) is 2.75. The lowest BCUT2D eigenvalue weighted by Crippen LogP contribution is -2.28. The lowest BCUT2D eigenvalue weighted by atomic mass is 9.93. The zero-order valence-electron chi connectivity index (χ0n) is 5.88. The third-order valence-electron chi connectivity index (χ3n) is 2.00. The van der Waals surface area contributed by atoms with Gasteiger partial charge in [0.15, 0.2) is 0 Å². The van der Waals surface area contributed by atoms with E-state index in [-0.39, 0.29) is 6.10 Å². The number of hydrogen-bond acceptors (Lipinski definition) is 1. The number of piperidine rings is 1.